The number of Topliss-reactive ketones (excluding diaryl/α,β-unsaturated/α-hetero) is 1. The molecule has 0 bridgehead atoms. The van der Waals surface area contributed by atoms with Gasteiger partial charge in [-0.3, -0.25) is 9.69 Å². The van der Waals surface area contributed by atoms with E-state index in [1.165, 1.54) is 0 Å². The molecule has 0 rings (SSSR count). The summed E-state index contributed by atoms with van der Waals surface area (Å²) in [6.45, 7) is 24.3. The maximum Gasteiger partial charge on any atom is 0.137 e. The van der Waals surface area contributed by atoms with Gasteiger partial charge in [0, 0.05) is 31.0 Å². The number of hydrogen-bond acceptors (Lipinski definition) is 5. The summed E-state index contributed by atoms with van der Waals surface area (Å²) in [5, 5.41) is 11.0. The molecular formula is C24H49BN2O3. The summed E-state index contributed by atoms with van der Waals surface area (Å²) in [5.41, 5.74) is 4.78. The lowest BCUT2D eigenvalue weighted by Crippen LogP contribution is -2.53. The van der Waals surface area contributed by atoms with E-state index < -0.39 is 17.1 Å². The van der Waals surface area contributed by atoms with Crippen molar-refractivity contribution in [3.05, 3.63) is 0 Å². The van der Waals surface area contributed by atoms with Crippen molar-refractivity contribution in [1.82, 2.24) is 4.90 Å². The number of ketones is 1. The van der Waals surface area contributed by atoms with Crippen LogP contribution in [0.5, 0.6) is 0 Å². The number of nitrogens with zero attached hydrogens (tertiary/aromatic N) is 1. The Hall–Kier alpha value is -0.425. The second-order valence-electron chi connectivity index (χ2n) is 11.9. The van der Waals surface area contributed by atoms with Gasteiger partial charge in [-0.15, -0.1) is 0 Å². The molecule has 0 fully saturated rings. The summed E-state index contributed by atoms with van der Waals surface area (Å²) in [7, 11) is 6.24. The van der Waals surface area contributed by atoms with Crippen molar-refractivity contribution in [1.29, 1.82) is 0 Å². The fraction of sp³-hybridized carbons (Fsp3) is 0.958. The van der Waals surface area contributed by atoms with Crippen LogP contribution in [-0.4, -0.2) is 67.6 Å². The van der Waals surface area contributed by atoms with Crippen LogP contribution in [0, 0.1) is 16.2 Å². The van der Waals surface area contributed by atoms with Crippen molar-refractivity contribution in [2.75, 3.05) is 26.2 Å². The van der Waals surface area contributed by atoms with Crippen LogP contribution in [0.25, 0.3) is 0 Å². The fourth-order valence-electron chi connectivity index (χ4n) is 3.13. The molecule has 0 heterocycles. The van der Waals surface area contributed by atoms with Crippen molar-refractivity contribution in [2.24, 2.45) is 22.0 Å². The smallest absolute Gasteiger partial charge is 0.137 e. The minimum atomic E-state index is -0.569. The Morgan fingerprint density at radius 1 is 1.07 bits per heavy atom. The van der Waals surface area contributed by atoms with E-state index in [0.29, 0.717) is 26.1 Å². The lowest BCUT2D eigenvalue weighted by atomic mass is 9.68. The summed E-state index contributed by atoms with van der Waals surface area (Å²) in [4.78, 5) is 14.1. The second kappa shape index (κ2) is 10.9. The van der Waals surface area contributed by atoms with Crippen LogP contribution in [0.3, 0.4) is 0 Å². The van der Waals surface area contributed by atoms with Gasteiger partial charge >= 0.3 is 0 Å². The summed E-state index contributed by atoms with van der Waals surface area (Å²) < 4.78 is 6.06. The molecule has 30 heavy (non-hydrogen) atoms. The minimum absolute atomic E-state index is 0.0268. The molecule has 0 aliphatic heterocycles. The third-order valence-electron chi connectivity index (χ3n) is 7.00. The minimum Gasteiger partial charge on any atom is -0.392 e. The van der Waals surface area contributed by atoms with Crippen molar-refractivity contribution in [3.63, 3.8) is 0 Å². The first-order valence-corrected chi connectivity index (χ1v) is 11.3. The SMILES string of the molecule is [B]C(C)C(C)(C)CN(CC(O)CC(C)(C)OCC(C)(C)C(C)=O)C(C)C(C)(C)CN. The van der Waals surface area contributed by atoms with Crippen LogP contribution in [0.4, 0.5) is 0 Å². The summed E-state index contributed by atoms with van der Waals surface area (Å²) in [6.07, 6.45) is -0.0911. The van der Waals surface area contributed by atoms with Gasteiger partial charge in [-0.2, -0.15) is 0 Å². The van der Waals surface area contributed by atoms with E-state index in [9.17, 15) is 9.90 Å². The van der Waals surface area contributed by atoms with Crippen molar-refractivity contribution < 1.29 is 14.6 Å². The van der Waals surface area contributed by atoms with E-state index in [0.717, 1.165) is 6.54 Å². The van der Waals surface area contributed by atoms with Crippen LogP contribution >= 0.6 is 0 Å². The van der Waals surface area contributed by atoms with E-state index in [-0.39, 0.29) is 28.5 Å². The van der Waals surface area contributed by atoms with Crippen LogP contribution in [0.15, 0.2) is 0 Å². The van der Waals surface area contributed by atoms with Gasteiger partial charge in [-0.25, -0.2) is 0 Å². The maximum absolute atomic E-state index is 11.8. The molecule has 0 aromatic carbocycles. The number of aliphatic hydroxyl groups is 1. The summed E-state index contributed by atoms with van der Waals surface area (Å²) >= 11 is 0. The van der Waals surface area contributed by atoms with Crippen LogP contribution in [0.1, 0.15) is 82.6 Å². The molecule has 6 heteroatoms. The highest BCUT2D eigenvalue weighted by atomic mass is 16.5. The van der Waals surface area contributed by atoms with Gasteiger partial charge in [-0.05, 0) is 45.1 Å². The Balaban J connectivity index is 5.31. The van der Waals surface area contributed by atoms with Gasteiger partial charge in [0.25, 0.3) is 0 Å². The first-order valence-electron chi connectivity index (χ1n) is 11.3. The molecule has 0 spiro atoms. The zero-order valence-electron chi connectivity index (χ0n) is 21.6. The molecule has 0 aromatic heterocycles. The molecule has 0 aliphatic rings. The number of aliphatic hydroxyl groups excluding tert-OH is 1. The van der Waals surface area contributed by atoms with Crippen LogP contribution < -0.4 is 5.73 Å². The Bertz CT molecular complexity index is 545. The molecule has 2 radical (unpaired) electrons. The van der Waals surface area contributed by atoms with Gasteiger partial charge in [0.15, 0.2) is 0 Å². The molecule has 0 saturated carbocycles. The van der Waals surface area contributed by atoms with E-state index >= 15 is 0 Å². The van der Waals surface area contributed by atoms with Crippen molar-refractivity contribution in [3.8, 4) is 0 Å². The number of carbonyl (C=O) groups excluding carboxylic acids is 1. The Kier molecular flexibility index (Phi) is 10.8. The van der Waals surface area contributed by atoms with Gasteiger partial charge in [0.2, 0.25) is 0 Å². The fourth-order valence-corrected chi connectivity index (χ4v) is 3.13. The molecule has 0 saturated heterocycles. The van der Waals surface area contributed by atoms with E-state index in [1.54, 1.807) is 6.92 Å². The van der Waals surface area contributed by atoms with Crippen LogP contribution in [-0.2, 0) is 9.53 Å². The van der Waals surface area contributed by atoms with Crippen molar-refractivity contribution >= 4 is 13.6 Å². The van der Waals surface area contributed by atoms with Gasteiger partial charge in [0.1, 0.15) is 5.78 Å². The highest BCUT2D eigenvalue weighted by Crippen LogP contribution is 2.34. The number of carbonyl (C=O) groups is 1. The standard InChI is InChI=1S/C24H49BN2O3/c1-17(25)22(6,7)15-27(18(2)21(4,5)14-26)13-20(29)12-24(10,11)30-16-23(8,9)19(3)28/h17-18,20,29H,12-16,26H2,1-11H3. The highest BCUT2D eigenvalue weighted by molar-refractivity contribution is 6.11. The lowest BCUT2D eigenvalue weighted by molar-refractivity contribution is -0.134. The summed E-state index contributed by atoms with van der Waals surface area (Å²) in [5.74, 6) is 0.125. The second-order valence-corrected chi connectivity index (χ2v) is 11.9. The molecule has 3 atom stereocenters. The molecule has 0 amide bonds. The van der Waals surface area contributed by atoms with Gasteiger partial charge < -0.3 is 15.6 Å². The van der Waals surface area contributed by atoms with E-state index in [1.807, 2.05) is 34.6 Å². The molecule has 3 unspecified atom stereocenters. The average molecular weight is 424 g/mol. The maximum atomic E-state index is 11.8. The quantitative estimate of drug-likeness (QED) is 0.415. The Labute approximate surface area is 187 Å². The average Bonchev–Trinajstić information content (AvgIpc) is 2.57. The highest BCUT2D eigenvalue weighted by Gasteiger charge is 2.36. The number of nitrogens with two attached hydrogens (primary N) is 1. The first kappa shape index (κ1) is 29.6. The molecule has 3 N–H and O–H groups in total. The molecule has 0 aromatic rings. The monoisotopic (exact) mass is 424 g/mol. The Morgan fingerprint density at radius 3 is 1.97 bits per heavy atom. The first-order chi connectivity index (χ1) is 13.3. The third-order valence-corrected chi connectivity index (χ3v) is 7.00. The number of rotatable bonds is 14. The Morgan fingerprint density at radius 2 is 1.57 bits per heavy atom. The molecular weight excluding hydrogens is 375 g/mol. The topological polar surface area (TPSA) is 75.8 Å². The van der Waals surface area contributed by atoms with Crippen molar-refractivity contribution in [2.45, 2.75) is 106 Å². The van der Waals surface area contributed by atoms with Gasteiger partial charge in [0.05, 0.1) is 26.2 Å². The molecule has 176 valence electrons. The van der Waals surface area contributed by atoms with Gasteiger partial charge in [-0.1, -0.05) is 54.3 Å². The predicted molar refractivity (Wildman–Crippen MR) is 128 cm³/mol. The lowest BCUT2D eigenvalue weighted by Gasteiger charge is -2.45. The predicted octanol–water partition coefficient (Wildman–Crippen LogP) is 3.83. The third kappa shape index (κ3) is 9.38. The largest absolute Gasteiger partial charge is 0.392 e. The number of hydrogen-bond donors (Lipinski definition) is 2. The molecule has 5 nitrogen and oxygen atoms in total. The van der Waals surface area contributed by atoms with E-state index in [4.69, 9.17) is 18.3 Å². The van der Waals surface area contributed by atoms with Crippen LogP contribution in [0.2, 0.25) is 5.82 Å². The summed E-state index contributed by atoms with van der Waals surface area (Å²) in [6, 6.07) is 0.177. The zero-order chi connectivity index (χ0) is 24.1. The zero-order valence-corrected chi connectivity index (χ0v) is 21.6. The normalized spacial score (nSPS) is 17.1. The van der Waals surface area contributed by atoms with E-state index in [2.05, 4.69) is 39.5 Å². The molecule has 0 aliphatic carbocycles. The number of ether oxygens (including phenoxy) is 1.